The van der Waals surface area contributed by atoms with Crippen LogP contribution in [0.1, 0.15) is 17.3 Å². The molecule has 6 nitrogen and oxygen atoms in total. The van der Waals surface area contributed by atoms with Gasteiger partial charge in [-0.3, -0.25) is 0 Å². The minimum absolute atomic E-state index is 0.118. The molecular weight excluding hydrogens is 272 g/mol. The summed E-state index contributed by atoms with van der Waals surface area (Å²) in [5.74, 6) is 0.558. The standard InChI is InChI=1S/C15H16N2O4/c1-3-20-15(18)11-8-10(16)9-17-14(11)21-13-7-5-4-6-12(13)19-2/h4-9H,3,16H2,1-2H3. The summed E-state index contributed by atoms with van der Waals surface area (Å²) in [4.78, 5) is 16.0. The van der Waals surface area contributed by atoms with Crippen LogP contribution in [0.2, 0.25) is 0 Å². The van der Waals surface area contributed by atoms with Crippen LogP contribution in [0.3, 0.4) is 0 Å². The molecule has 0 unspecified atom stereocenters. The number of nitrogens with zero attached hydrogens (tertiary/aromatic N) is 1. The van der Waals surface area contributed by atoms with E-state index in [-0.39, 0.29) is 18.1 Å². The minimum atomic E-state index is -0.540. The van der Waals surface area contributed by atoms with E-state index in [1.807, 2.05) is 6.07 Å². The third-order valence-electron chi connectivity index (χ3n) is 2.64. The van der Waals surface area contributed by atoms with Gasteiger partial charge in [0.2, 0.25) is 5.88 Å². The molecule has 0 amide bonds. The molecule has 1 aromatic carbocycles. The monoisotopic (exact) mass is 288 g/mol. The smallest absolute Gasteiger partial charge is 0.343 e. The summed E-state index contributed by atoms with van der Waals surface area (Å²) in [5, 5.41) is 0. The Hall–Kier alpha value is -2.76. The molecule has 0 aliphatic carbocycles. The maximum Gasteiger partial charge on any atom is 0.343 e. The van der Waals surface area contributed by atoms with Gasteiger partial charge < -0.3 is 19.9 Å². The van der Waals surface area contributed by atoms with Gasteiger partial charge >= 0.3 is 5.97 Å². The number of nitrogen functional groups attached to an aromatic ring is 1. The van der Waals surface area contributed by atoms with Gasteiger partial charge in [0.15, 0.2) is 11.5 Å². The van der Waals surface area contributed by atoms with Gasteiger partial charge in [-0.2, -0.15) is 0 Å². The van der Waals surface area contributed by atoms with Crippen molar-refractivity contribution in [2.45, 2.75) is 6.92 Å². The number of hydrogen-bond donors (Lipinski definition) is 1. The lowest BCUT2D eigenvalue weighted by molar-refractivity contribution is 0.0522. The molecule has 2 aromatic rings. The average Bonchev–Trinajstić information content (AvgIpc) is 2.49. The van der Waals surface area contributed by atoms with E-state index in [0.717, 1.165) is 0 Å². The van der Waals surface area contributed by atoms with Crippen molar-refractivity contribution in [1.82, 2.24) is 4.98 Å². The largest absolute Gasteiger partial charge is 0.493 e. The number of anilines is 1. The Kier molecular flexibility index (Phi) is 4.61. The summed E-state index contributed by atoms with van der Waals surface area (Å²) < 4.78 is 15.8. The number of carbonyl (C=O) groups is 1. The van der Waals surface area contributed by atoms with E-state index in [0.29, 0.717) is 17.2 Å². The van der Waals surface area contributed by atoms with Crippen molar-refractivity contribution in [3.05, 3.63) is 42.1 Å². The number of esters is 1. The van der Waals surface area contributed by atoms with Crippen LogP contribution >= 0.6 is 0 Å². The van der Waals surface area contributed by atoms with Crippen molar-refractivity contribution in [2.75, 3.05) is 19.5 Å². The lowest BCUT2D eigenvalue weighted by atomic mass is 10.2. The first-order chi connectivity index (χ1) is 10.2. The molecule has 1 heterocycles. The molecule has 21 heavy (non-hydrogen) atoms. The third kappa shape index (κ3) is 3.42. The minimum Gasteiger partial charge on any atom is -0.493 e. The number of ether oxygens (including phenoxy) is 3. The van der Waals surface area contributed by atoms with E-state index in [1.54, 1.807) is 25.1 Å². The molecule has 0 radical (unpaired) electrons. The first-order valence-corrected chi connectivity index (χ1v) is 6.39. The number of methoxy groups -OCH3 is 1. The van der Waals surface area contributed by atoms with Gasteiger partial charge in [-0.1, -0.05) is 12.1 Å². The molecule has 2 rings (SSSR count). The number of para-hydroxylation sites is 2. The normalized spacial score (nSPS) is 10.0. The van der Waals surface area contributed by atoms with Crippen LogP contribution in [0.5, 0.6) is 17.4 Å². The fourth-order valence-electron chi connectivity index (χ4n) is 1.71. The van der Waals surface area contributed by atoms with E-state index >= 15 is 0 Å². The Balaban J connectivity index is 2.37. The van der Waals surface area contributed by atoms with Gasteiger partial charge in [-0.25, -0.2) is 9.78 Å². The first kappa shape index (κ1) is 14.6. The molecule has 0 atom stereocenters. The first-order valence-electron chi connectivity index (χ1n) is 6.39. The van der Waals surface area contributed by atoms with Gasteiger partial charge in [0, 0.05) is 0 Å². The summed E-state index contributed by atoms with van der Waals surface area (Å²) in [6.45, 7) is 1.97. The Labute approximate surface area is 122 Å². The zero-order chi connectivity index (χ0) is 15.2. The van der Waals surface area contributed by atoms with E-state index in [9.17, 15) is 4.79 Å². The van der Waals surface area contributed by atoms with Gasteiger partial charge in [0.05, 0.1) is 25.6 Å². The molecule has 0 aliphatic heterocycles. The molecule has 0 bridgehead atoms. The lowest BCUT2D eigenvalue weighted by Gasteiger charge is -2.12. The Morgan fingerprint density at radius 1 is 1.29 bits per heavy atom. The molecule has 2 N–H and O–H groups in total. The summed E-state index contributed by atoms with van der Waals surface area (Å²) in [6, 6.07) is 8.53. The van der Waals surface area contributed by atoms with Crippen molar-refractivity contribution in [1.29, 1.82) is 0 Å². The fraction of sp³-hybridized carbons (Fsp3) is 0.200. The topological polar surface area (TPSA) is 83.7 Å². The zero-order valence-electron chi connectivity index (χ0n) is 11.8. The van der Waals surface area contributed by atoms with Gasteiger partial charge in [-0.15, -0.1) is 0 Å². The molecule has 0 fully saturated rings. The van der Waals surface area contributed by atoms with Crippen molar-refractivity contribution < 1.29 is 19.0 Å². The molecular formula is C15H16N2O4. The number of hydrogen-bond acceptors (Lipinski definition) is 6. The molecule has 0 spiro atoms. The molecule has 110 valence electrons. The van der Waals surface area contributed by atoms with Crippen LogP contribution < -0.4 is 15.2 Å². The highest BCUT2D eigenvalue weighted by Crippen LogP contribution is 2.32. The van der Waals surface area contributed by atoms with Crippen molar-refractivity contribution >= 4 is 11.7 Å². The number of benzene rings is 1. The van der Waals surface area contributed by atoms with E-state index in [2.05, 4.69) is 4.98 Å². The van der Waals surface area contributed by atoms with Crippen LogP contribution in [0.25, 0.3) is 0 Å². The Morgan fingerprint density at radius 2 is 2.00 bits per heavy atom. The highest BCUT2D eigenvalue weighted by atomic mass is 16.5. The molecule has 6 heteroatoms. The summed E-state index contributed by atoms with van der Waals surface area (Å²) in [6.07, 6.45) is 1.41. The number of pyridine rings is 1. The fourth-order valence-corrected chi connectivity index (χ4v) is 1.71. The number of nitrogens with two attached hydrogens (primary N) is 1. The Morgan fingerprint density at radius 3 is 2.67 bits per heavy atom. The predicted molar refractivity (Wildman–Crippen MR) is 77.7 cm³/mol. The zero-order valence-corrected chi connectivity index (χ0v) is 11.8. The number of aromatic nitrogens is 1. The van der Waals surface area contributed by atoms with Crippen molar-refractivity contribution in [3.8, 4) is 17.4 Å². The number of carbonyl (C=O) groups excluding carboxylic acids is 1. The second kappa shape index (κ2) is 6.60. The van der Waals surface area contributed by atoms with Crippen molar-refractivity contribution in [2.24, 2.45) is 0 Å². The van der Waals surface area contributed by atoms with Crippen LogP contribution in [0, 0.1) is 0 Å². The molecule has 1 aromatic heterocycles. The summed E-state index contributed by atoms with van der Waals surface area (Å²) in [7, 11) is 1.53. The van der Waals surface area contributed by atoms with Crippen LogP contribution in [0.15, 0.2) is 36.5 Å². The predicted octanol–water partition coefficient (Wildman–Crippen LogP) is 2.64. The second-order valence-electron chi connectivity index (χ2n) is 4.09. The van der Waals surface area contributed by atoms with Gasteiger partial charge in [0.25, 0.3) is 0 Å². The summed E-state index contributed by atoms with van der Waals surface area (Å²) in [5.41, 5.74) is 6.18. The lowest BCUT2D eigenvalue weighted by Crippen LogP contribution is -2.08. The van der Waals surface area contributed by atoms with Gasteiger partial charge in [0.1, 0.15) is 5.56 Å². The van der Waals surface area contributed by atoms with E-state index in [4.69, 9.17) is 19.9 Å². The quantitative estimate of drug-likeness (QED) is 0.851. The van der Waals surface area contributed by atoms with Crippen LogP contribution in [-0.4, -0.2) is 24.7 Å². The van der Waals surface area contributed by atoms with Gasteiger partial charge in [-0.05, 0) is 25.1 Å². The molecule has 0 aliphatic rings. The second-order valence-corrected chi connectivity index (χ2v) is 4.09. The molecule has 0 saturated carbocycles. The van der Waals surface area contributed by atoms with E-state index in [1.165, 1.54) is 19.4 Å². The highest BCUT2D eigenvalue weighted by molar-refractivity contribution is 5.92. The summed E-state index contributed by atoms with van der Waals surface area (Å²) >= 11 is 0. The number of rotatable bonds is 5. The maximum absolute atomic E-state index is 11.9. The maximum atomic E-state index is 11.9. The van der Waals surface area contributed by atoms with Crippen LogP contribution in [-0.2, 0) is 4.74 Å². The van der Waals surface area contributed by atoms with E-state index < -0.39 is 5.97 Å². The van der Waals surface area contributed by atoms with Crippen LogP contribution in [0.4, 0.5) is 5.69 Å². The SMILES string of the molecule is CCOC(=O)c1cc(N)cnc1Oc1ccccc1OC. The third-order valence-corrected chi connectivity index (χ3v) is 2.64. The Bertz CT molecular complexity index is 643. The van der Waals surface area contributed by atoms with Crippen molar-refractivity contribution in [3.63, 3.8) is 0 Å². The molecule has 0 saturated heterocycles. The average molecular weight is 288 g/mol. The highest BCUT2D eigenvalue weighted by Gasteiger charge is 2.17.